The van der Waals surface area contributed by atoms with Crippen LogP contribution < -0.4 is 21.3 Å². The Bertz CT molecular complexity index is 2700. The third kappa shape index (κ3) is 2.94. The molecule has 0 spiro atoms. The van der Waals surface area contributed by atoms with Crippen molar-refractivity contribution in [3.63, 3.8) is 0 Å². The lowest BCUT2D eigenvalue weighted by Crippen LogP contribution is -2.60. The largest absolute Gasteiger partial charge is 0.311 e. The first-order valence-corrected chi connectivity index (χ1v) is 16.0. The molecule has 2 aromatic heterocycles. The molecule has 0 atom stereocenters. The van der Waals surface area contributed by atoms with Gasteiger partial charge in [0, 0.05) is 50.0 Å². The smallest absolute Gasteiger partial charge is 0.252 e. The summed E-state index contributed by atoms with van der Waals surface area (Å²) in [4.78, 5) is 2.47. The predicted molar refractivity (Wildman–Crippen MR) is 194 cm³/mol. The molecule has 9 aromatic rings. The van der Waals surface area contributed by atoms with Crippen LogP contribution in [0.4, 0.5) is 17.1 Å². The molecule has 7 aromatic carbocycles. The molecule has 3 nitrogen and oxygen atoms in total. The van der Waals surface area contributed by atoms with Crippen molar-refractivity contribution in [2.75, 3.05) is 4.90 Å². The van der Waals surface area contributed by atoms with Crippen LogP contribution in [0.1, 0.15) is 0 Å². The second-order valence-electron chi connectivity index (χ2n) is 12.5. The number of hydrogen-bond acceptors (Lipinski definition) is 1. The van der Waals surface area contributed by atoms with Gasteiger partial charge >= 0.3 is 0 Å². The molecule has 2 aliphatic heterocycles. The van der Waals surface area contributed by atoms with Crippen LogP contribution in [-0.2, 0) is 0 Å². The fourth-order valence-electron chi connectivity index (χ4n) is 8.57. The number of fused-ring (bicyclic) bond motifs is 12. The van der Waals surface area contributed by atoms with Crippen LogP contribution in [0.3, 0.4) is 0 Å². The molecule has 0 unspecified atom stereocenters. The fourth-order valence-corrected chi connectivity index (χ4v) is 8.57. The van der Waals surface area contributed by atoms with Crippen molar-refractivity contribution in [3.05, 3.63) is 158 Å². The van der Waals surface area contributed by atoms with Gasteiger partial charge in [-0.1, -0.05) is 103 Å². The summed E-state index contributed by atoms with van der Waals surface area (Å²) in [5, 5.41) is 5.17. The fraction of sp³-hybridized carbons (Fsp3) is 0. The van der Waals surface area contributed by atoms with E-state index in [0.29, 0.717) is 0 Å². The number of nitrogens with zero attached hydrogens (tertiary/aromatic N) is 3. The summed E-state index contributed by atoms with van der Waals surface area (Å²) in [6.07, 6.45) is 0. The zero-order chi connectivity index (χ0) is 29.9. The third-order valence-corrected chi connectivity index (χ3v) is 10.3. The van der Waals surface area contributed by atoms with Gasteiger partial charge in [0.15, 0.2) is 0 Å². The van der Waals surface area contributed by atoms with E-state index in [0.717, 1.165) is 0 Å². The van der Waals surface area contributed by atoms with Crippen LogP contribution in [0.2, 0.25) is 0 Å². The minimum atomic E-state index is 0.143. The van der Waals surface area contributed by atoms with E-state index in [1.165, 1.54) is 88.4 Å². The highest BCUT2D eigenvalue weighted by Gasteiger charge is 2.42. The molecule has 0 radical (unpaired) electrons. The Morgan fingerprint density at radius 2 is 0.978 bits per heavy atom. The van der Waals surface area contributed by atoms with Crippen molar-refractivity contribution in [2.24, 2.45) is 0 Å². The Balaban J connectivity index is 1.36. The lowest BCUT2D eigenvalue weighted by atomic mass is 9.34. The first-order chi connectivity index (χ1) is 22.9. The van der Waals surface area contributed by atoms with Crippen LogP contribution >= 0.6 is 0 Å². The van der Waals surface area contributed by atoms with Crippen LogP contribution in [0.25, 0.3) is 55.0 Å². The van der Waals surface area contributed by atoms with Crippen molar-refractivity contribution in [2.45, 2.75) is 0 Å². The van der Waals surface area contributed by atoms with E-state index in [4.69, 9.17) is 0 Å². The summed E-state index contributed by atoms with van der Waals surface area (Å²) in [5.41, 5.74) is 15.3. The molecule has 0 N–H and O–H groups in total. The zero-order valence-corrected chi connectivity index (χ0v) is 24.9. The van der Waals surface area contributed by atoms with E-state index >= 15 is 0 Å². The van der Waals surface area contributed by atoms with Crippen LogP contribution in [0, 0.1) is 0 Å². The van der Waals surface area contributed by atoms with E-state index in [9.17, 15) is 0 Å². The van der Waals surface area contributed by atoms with Crippen molar-refractivity contribution in [1.29, 1.82) is 0 Å². The number of anilines is 3. The van der Waals surface area contributed by atoms with Crippen molar-refractivity contribution in [1.82, 2.24) is 9.13 Å². The highest BCUT2D eigenvalue weighted by Crippen LogP contribution is 2.45. The summed E-state index contributed by atoms with van der Waals surface area (Å²) in [5.74, 6) is 0. The molecule has 46 heavy (non-hydrogen) atoms. The Morgan fingerprint density at radius 1 is 0.370 bits per heavy atom. The maximum Gasteiger partial charge on any atom is 0.252 e. The lowest BCUT2D eigenvalue weighted by molar-refractivity contribution is 1.17. The highest BCUT2D eigenvalue weighted by molar-refractivity contribution is 7.00. The first-order valence-electron chi connectivity index (χ1n) is 16.0. The number of aromatic nitrogens is 2. The average Bonchev–Trinajstić information content (AvgIpc) is 3.65. The molecule has 0 aliphatic carbocycles. The van der Waals surface area contributed by atoms with Gasteiger partial charge in [0.2, 0.25) is 0 Å². The zero-order valence-electron chi connectivity index (χ0n) is 24.9. The lowest BCUT2D eigenvalue weighted by Gasteiger charge is -2.39. The number of hydrogen-bond donors (Lipinski definition) is 0. The van der Waals surface area contributed by atoms with Crippen molar-refractivity contribution in [3.8, 4) is 11.4 Å². The van der Waals surface area contributed by atoms with Crippen LogP contribution in [0.15, 0.2) is 158 Å². The van der Waals surface area contributed by atoms with Gasteiger partial charge in [-0.05, 0) is 71.0 Å². The molecule has 0 fully saturated rings. The van der Waals surface area contributed by atoms with Gasteiger partial charge in [0.1, 0.15) is 0 Å². The van der Waals surface area contributed by atoms with Gasteiger partial charge in [-0.3, -0.25) is 0 Å². The summed E-state index contributed by atoms with van der Waals surface area (Å²) in [6.45, 7) is 0.143. The number of para-hydroxylation sites is 5. The van der Waals surface area contributed by atoms with E-state index in [1.807, 2.05) is 0 Å². The quantitative estimate of drug-likeness (QED) is 0.186. The summed E-state index contributed by atoms with van der Waals surface area (Å²) in [7, 11) is 0. The molecule has 0 amide bonds. The number of rotatable bonds is 2. The van der Waals surface area contributed by atoms with Crippen molar-refractivity contribution >= 4 is 83.8 Å². The molecule has 2 aliphatic rings. The van der Waals surface area contributed by atoms with E-state index in [-0.39, 0.29) is 6.71 Å². The molecule has 0 saturated heterocycles. The van der Waals surface area contributed by atoms with Gasteiger partial charge in [-0.15, -0.1) is 0 Å². The van der Waals surface area contributed by atoms with E-state index in [1.54, 1.807) is 0 Å². The Kier molecular flexibility index (Phi) is 4.66. The van der Waals surface area contributed by atoms with Gasteiger partial charge < -0.3 is 14.0 Å². The second-order valence-corrected chi connectivity index (χ2v) is 12.5. The normalized spacial score (nSPS) is 13.1. The van der Waals surface area contributed by atoms with Gasteiger partial charge in [-0.25, -0.2) is 0 Å². The molecule has 0 bridgehead atoms. The molecule has 4 heterocycles. The summed E-state index contributed by atoms with van der Waals surface area (Å²) < 4.78 is 5.02. The minimum absolute atomic E-state index is 0.143. The number of benzene rings is 7. The Hall–Kier alpha value is -6.00. The van der Waals surface area contributed by atoms with Crippen LogP contribution in [-0.4, -0.2) is 15.8 Å². The maximum absolute atomic E-state index is 2.59. The molecule has 11 rings (SSSR count). The molecule has 4 heteroatoms. The minimum Gasteiger partial charge on any atom is -0.311 e. The SMILES string of the molecule is c1ccc(N2c3ccccc3B3c4ccccc4-n4c5c3c2ccc5c2ccc3c(c5ccccc5n3-c3ccccc3)c24)cc1. The van der Waals surface area contributed by atoms with Crippen LogP contribution in [0.5, 0.6) is 0 Å². The molecule has 0 saturated carbocycles. The Morgan fingerprint density at radius 3 is 1.78 bits per heavy atom. The van der Waals surface area contributed by atoms with Crippen molar-refractivity contribution < 1.29 is 0 Å². The van der Waals surface area contributed by atoms with Gasteiger partial charge in [-0.2, -0.15) is 0 Å². The topological polar surface area (TPSA) is 13.1 Å². The van der Waals surface area contributed by atoms with E-state index in [2.05, 4.69) is 172 Å². The molecule has 212 valence electrons. The average molecular weight is 584 g/mol. The highest BCUT2D eigenvalue weighted by atomic mass is 15.2. The van der Waals surface area contributed by atoms with Gasteiger partial charge in [0.25, 0.3) is 6.71 Å². The Labute approximate surface area is 266 Å². The third-order valence-electron chi connectivity index (χ3n) is 10.3. The first kappa shape index (κ1) is 24.3. The van der Waals surface area contributed by atoms with E-state index < -0.39 is 0 Å². The summed E-state index contributed by atoms with van der Waals surface area (Å²) in [6, 6.07) is 57.9. The maximum atomic E-state index is 2.59. The standard InChI is InChI=1S/C42H26BN3/c1-3-13-27(14-4-1)44-34-20-10-7-17-31(34)39-37(44)25-23-29-30-24-26-38-40-42(30)46(41(29)39)36-22-12-9-19-33(36)43(40)32-18-8-11-21-35(32)45(38)28-15-5-2-6-16-28/h1-26H. The molecular formula is C42H26BN3. The predicted octanol–water partition coefficient (Wildman–Crippen LogP) is 8.49. The second kappa shape index (κ2) is 8.80. The van der Waals surface area contributed by atoms with Gasteiger partial charge in [0.05, 0.1) is 22.1 Å². The molecular weight excluding hydrogens is 557 g/mol. The monoisotopic (exact) mass is 583 g/mol. The summed E-state index contributed by atoms with van der Waals surface area (Å²) >= 11 is 0.